The third-order valence-corrected chi connectivity index (χ3v) is 2.72. The van der Waals surface area contributed by atoms with Gasteiger partial charge in [-0.3, -0.25) is 9.63 Å². The Morgan fingerprint density at radius 3 is 2.86 bits per heavy atom. The average molecular weight is 200 g/mol. The minimum Gasteiger partial charge on any atom is -0.327 e. The van der Waals surface area contributed by atoms with Crippen molar-refractivity contribution >= 4 is 5.91 Å². The number of amides is 1. The van der Waals surface area contributed by atoms with Crippen molar-refractivity contribution < 1.29 is 9.63 Å². The smallest absolute Gasteiger partial charge is 0.248 e. The number of nitrogens with two attached hydrogens (primary N) is 1. The highest BCUT2D eigenvalue weighted by molar-refractivity contribution is 5.78. The lowest BCUT2D eigenvalue weighted by Gasteiger charge is -2.19. The Bertz CT molecular complexity index is 185. The van der Waals surface area contributed by atoms with Crippen LogP contribution in [0.1, 0.15) is 39.0 Å². The van der Waals surface area contributed by atoms with Crippen molar-refractivity contribution in [3.05, 3.63) is 0 Å². The van der Waals surface area contributed by atoms with Crippen LogP contribution in [0, 0.1) is 5.92 Å². The van der Waals surface area contributed by atoms with E-state index < -0.39 is 0 Å². The fourth-order valence-corrected chi connectivity index (χ4v) is 1.88. The summed E-state index contributed by atoms with van der Waals surface area (Å²) in [5.41, 5.74) is 8.38. The standard InChI is InChI=1S/C10H20N2O2/c1-2-14-12-10(13)8-6-4-3-5-7-9(8)11/h8-9H,2-7,11H2,1H3,(H,12,13). The molecule has 0 heterocycles. The molecule has 0 aromatic heterocycles. The van der Waals surface area contributed by atoms with Gasteiger partial charge in [0.15, 0.2) is 0 Å². The van der Waals surface area contributed by atoms with Gasteiger partial charge >= 0.3 is 0 Å². The van der Waals surface area contributed by atoms with Crippen molar-refractivity contribution in [2.75, 3.05) is 6.61 Å². The molecule has 1 aliphatic carbocycles. The first kappa shape index (κ1) is 11.5. The van der Waals surface area contributed by atoms with Gasteiger partial charge in [-0.05, 0) is 19.8 Å². The molecule has 3 N–H and O–H groups in total. The number of carbonyl (C=O) groups excluding carboxylic acids is 1. The zero-order valence-corrected chi connectivity index (χ0v) is 8.79. The molecule has 1 aliphatic rings. The monoisotopic (exact) mass is 200 g/mol. The third kappa shape index (κ3) is 3.27. The predicted molar refractivity (Wildman–Crippen MR) is 54.3 cm³/mol. The van der Waals surface area contributed by atoms with E-state index >= 15 is 0 Å². The Labute approximate surface area is 85.1 Å². The Balaban J connectivity index is 2.41. The molecular formula is C10H20N2O2. The summed E-state index contributed by atoms with van der Waals surface area (Å²) in [5, 5.41) is 0. The molecule has 0 aromatic carbocycles. The average Bonchev–Trinajstić information content (AvgIpc) is 2.39. The molecule has 1 saturated carbocycles. The molecule has 0 radical (unpaired) electrons. The van der Waals surface area contributed by atoms with Crippen molar-refractivity contribution in [2.45, 2.75) is 45.1 Å². The van der Waals surface area contributed by atoms with Gasteiger partial charge in [-0.2, -0.15) is 0 Å². The second-order valence-electron chi connectivity index (χ2n) is 3.81. The summed E-state index contributed by atoms with van der Waals surface area (Å²) in [4.78, 5) is 16.5. The van der Waals surface area contributed by atoms with Crippen molar-refractivity contribution in [2.24, 2.45) is 11.7 Å². The van der Waals surface area contributed by atoms with Crippen LogP contribution in [0.25, 0.3) is 0 Å². The van der Waals surface area contributed by atoms with Crippen LogP contribution in [0.2, 0.25) is 0 Å². The van der Waals surface area contributed by atoms with Gasteiger partial charge in [-0.15, -0.1) is 0 Å². The first-order valence-corrected chi connectivity index (χ1v) is 5.43. The van der Waals surface area contributed by atoms with Crippen LogP contribution in [0.5, 0.6) is 0 Å². The zero-order valence-electron chi connectivity index (χ0n) is 8.79. The van der Waals surface area contributed by atoms with Gasteiger partial charge in [-0.1, -0.05) is 19.3 Å². The number of hydrogen-bond donors (Lipinski definition) is 2. The molecule has 1 fully saturated rings. The number of hydroxylamine groups is 1. The van der Waals surface area contributed by atoms with E-state index in [9.17, 15) is 4.79 Å². The second kappa shape index (κ2) is 5.98. The SMILES string of the molecule is CCONC(=O)C1CCCCCC1N. The highest BCUT2D eigenvalue weighted by Gasteiger charge is 2.26. The highest BCUT2D eigenvalue weighted by Crippen LogP contribution is 2.22. The summed E-state index contributed by atoms with van der Waals surface area (Å²) in [6.45, 7) is 2.33. The van der Waals surface area contributed by atoms with E-state index in [-0.39, 0.29) is 17.9 Å². The fourth-order valence-electron chi connectivity index (χ4n) is 1.88. The Kier molecular flexibility index (Phi) is 4.90. The van der Waals surface area contributed by atoms with Gasteiger partial charge in [0, 0.05) is 6.04 Å². The van der Waals surface area contributed by atoms with Gasteiger partial charge in [0.1, 0.15) is 0 Å². The van der Waals surface area contributed by atoms with E-state index in [4.69, 9.17) is 10.6 Å². The summed E-state index contributed by atoms with van der Waals surface area (Å²) in [6, 6.07) is -0.00189. The molecule has 14 heavy (non-hydrogen) atoms. The van der Waals surface area contributed by atoms with E-state index in [1.54, 1.807) is 0 Å². The molecule has 2 unspecified atom stereocenters. The van der Waals surface area contributed by atoms with Crippen molar-refractivity contribution in [1.82, 2.24) is 5.48 Å². The summed E-state index contributed by atoms with van der Waals surface area (Å²) in [7, 11) is 0. The lowest BCUT2D eigenvalue weighted by molar-refractivity contribution is -0.138. The van der Waals surface area contributed by atoms with Gasteiger partial charge < -0.3 is 5.73 Å². The number of rotatable bonds is 3. The van der Waals surface area contributed by atoms with E-state index in [0.717, 1.165) is 25.7 Å². The van der Waals surface area contributed by atoms with Gasteiger partial charge in [0.05, 0.1) is 12.5 Å². The van der Waals surface area contributed by atoms with Crippen molar-refractivity contribution in [3.63, 3.8) is 0 Å². The molecule has 2 atom stereocenters. The number of nitrogens with one attached hydrogen (secondary N) is 1. The van der Waals surface area contributed by atoms with Crippen LogP contribution in [0.15, 0.2) is 0 Å². The van der Waals surface area contributed by atoms with Crippen LogP contribution in [0.4, 0.5) is 0 Å². The number of hydrogen-bond acceptors (Lipinski definition) is 3. The predicted octanol–water partition coefficient (Wildman–Crippen LogP) is 0.962. The lowest BCUT2D eigenvalue weighted by Crippen LogP contribution is -2.41. The maximum atomic E-state index is 11.6. The topological polar surface area (TPSA) is 64.3 Å². The van der Waals surface area contributed by atoms with Crippen molar-refractivity contribution in [1.29, 1.82) is 0 Å². The zero-order chi connectivity index (χ0) is 10.4. The van der Waals surface area contributed by atoms with E-state index in [1.165, 1.54) is 6.42 Å². The summed E-state index contributed by atoms with van der Waals surface area (Å²) >= 11 is 0. The maximum absolute atomic E-state index is 11.6. The van der Waals surface area contributed by atoms with Gasteiger partial charge in [0.25, 0.3) is 0 Å². The fraction of sp³-hybridized carbons (Fsp3) is 0.900. The Hall–Kier alpha value is -0.610. The molecule has 1 amide bonds. The molecular weight excluding hydrogens is 180 g/mol. The Morgan fingerprint density at radius 1 is 1.43 bits per heavy atom. The van der Waals surface area contributed by atoms with Crippen LogP contribution in [-0.2, 0) is 9.63 Å². The quantitative estimate of drug-likeness (QED) is 0.527. The van der Waals surface area contributed by atoms with Gasteiger partial charge in [-0.25, -0.2) is 5.48 Å². The Morgan fingerprint density at radius 2 is 2.14 bits per heavy atom. The van der Waals surface area contributed by atoms with Gasteiger partial charge in [0.2, 0.25) is 5.91 Å². The molecule has 0 aromatic rings. The van der Waals surface area contributed by atoms with Crippen LogP contribution in [0.3, 0.4) is 0 Å². The lowest BCUT2D eigenvalue weighted by atomic mass is 9.95. The van der Waals surface area contributed by atoms with E-state index in [0.29, 0.717) is 6.61 Å². The second-order valence-corrected chi connectivity index (χ2v) is 3.81. The van der Waals surface area contributed by atoms with Crippen LogP contribution in [-0.4, -0.2) is 18.6 Å². The molecule has 0 spiro atoms. The minimum atomic E-state index is -0.0657. The molecule has 0 aliphatic heterocycles. The first-order valence-electron chi connectivity index (χ1n) is 5.43. The van der Waals surface area contributed by atoms with E-state index in [2.05, 4.69) is 5.48 Å². The molecule has 82 valence electrons. The molecule has 0 saturated heterocycles. The number of carbonyl (C=O) groups is 1. The largest absolute Gasteiger partial charge is 0.327 e. The molecule has 4 nitrogen and oxygen atoms in total. The van der Waals surface area contributed by atoms with Crippen molar-refractivity contribution in [3.8, 4) is 0 Å². The first-order chi connectivity index (χ1) is 6.75. The highest BCUT2D eigenvalue weighted by atomic mass is 16.6. The molecule has 0 bridgehead atoms. The minimum absolute atomic E-state index is 0.00189. The molecule has 1 rings (SSSR count). The normalized spacial score (nSPS) is 28.1. The summed E-state index contributed by atoms with van der Waals surface area (Å²) in [5.74, 6) is -0.120. The summed E-state index contributed by atoms with van der Waals surface area (Å²) in [6.07, 6.45) is 5.26. The summed E-state index contributed by atoms with van der Waals surface area (Å²) < 4.78 is 0. The van der Waals surface area contributed by atoms with E-state index in [1.807, 2.05) is 6.92 Å². The van der Waals surface area contributed by atoms with Crippen LogP contribution >= 0.6 is 0 Å². The molecule has 4 heteroatoms. The maximum Gasteiger partial charge on any atom is 0.248 e. The third-order valence-electron chi connectivity index (χ3n) is 2.72. The van der Waals surface area contributed by atoms with Crippen LogP contribution < -0.4 is 11.2 Å².